The summed E-state index contributed by atoms with van der Waals surface area (Å²) in [5.74, 6) is -0.733. The number of hydrogen-bond donors (Lipinski definition) is 2. The molecule has 1 amide bonds. The Bertz CT molecular complexity index is 338. The zero-order chi connectivity index (χ0) is 11.1. The van der Waals surface area contributed by atoms with Crippen LogP contribution in [0.2, 0.25) is 0 Å². The number of hydrogen-bond acceptors (Lipinski definition) is 4. The normalized spacial score (nSPS) is 9.40. The van der Waals surface area contributed by atoms with Crippen molar-refractivity contribution in [3.63, 3.8) is 0 Å². The van der Waals surface area contributed by atoms with Crippen molar-refractivity contribution in [2.45, 2.75) is 0 Å². The molecule has 0 radical (unpaired) electrons. The molecule has 0 aromatic heterocycles. The summed E-state index contributed by atoms with van der Waals surface area (Å²) in [6.07, 6.45) is 0. The quantitative estimate of drug-likeness (QED) is 0.543. The number of amides is 1. The van der Waals surface area contributed by atoms with Crippen LogP contribution in [0.3, 0.4) is 0 Å². The lowest BCUT2D eigenvalue weighted by molar-refractivity contribution is -0.139. The smallest absolute Gasteiger partial charge is 0.321 e. The molecule has 1 aromatic rings. The maximum atomic E-state index is 11.4. The maximum absolute atomic E-state index is 11.4. The van der Waals surface area contributed by atoms with E-state index in [1.54, 1.807) is 24.3 Å². The van der Waals surface area contributed by atoms with Gasteiger partial charge < -0.3 is 4.74 Å². The van der Waals surface area contributed by atoms with Gasteiger partial charge in [-0.1, -0.05) is 18.2 Å². The molecule has 0 spiro atoms. The van der Waals surface area contributed by atoms with Gasteiger partial charge in [0.05, 0.1) is 7.11 Å². The molecule has 0 atom stereocenters. The van der Waals surface area contributed by atoms with Crippen molar-refractivity contribution in [1.29, 1.82) is 0 Å². The molecule has 2 N–H and O–H groups in total. The van der Waals surface area contributed by atoms with Crippen LogP contribution in [0.4, 0.5) is 0 Å². The monoisotopic (exact) mass is 208 g/mol. The number of benzene rings is 1. The minimum absolute atomic E-state index is 0.0604. The van der Waals surface area contributed by atoms with E-state index in [-0.39, 0.29) is 12.5 Å². The third-order valence-corrected chi connectivity index (χ3v) is 1.70. The number of nitrogens with one attached hydrogen (secondary N) is 2. The van der Waals surface area contributed by atoms with Gasteiger partial charge in [-0.25, -0.2) is 5.43 Å². The van der Waals surface area contributed by atoms with Gasteiger partial charge in [0.25, 0.3) is 5.91 Å². The van der Waals surface area contributed by atoms with Crippen LogP contribution in [0, 0.1) is 0 Å². The summed E-state index contributed by atoms with van der Waals surface area (Å²) >= 11 is 0. The second kappa shape index (κ2) is 5.77. The van der Waals surface area contributed by atoms with E-state index in [0.29, 0.717) is 5.56 Å². The second-order valence-electron chi connectivity index (χ2n) is 2.75. The van der Waals surface area contributed by atoms with Gasteiger partial charge >= 0.3 is 5.97 Å². The lowest BCUT2D eigenvalue weighted by Gasteiger charge is -2.05. The van der Waals surface area contributed by atoms with Crippen molar-refractivity contribution < 1.29 is 14.3 Å². The van der Waals surface area contributed by atoms with Crippen LogP contribution < -0.4 is 10.9 Å². The standard InChI is InChI=1S/C10H12N2O3/c1-15-9(13)7-11-12-10(14)8-5-3-2-4-6-8/h2-6,11H,7H2,1H3,(H,12,14). The number of carbonyl (C=O) groups is 2. The molecule has 5 heteroatoms. The van der Waals surface area contributed by atoms with Crippen LogP contribution in [0.25, 0.3) is 0 Å². The Hall–Kier alpha value is -1.88. The van der Waals surface area contributed by atoms with Crippen molar-refractivity contribution in [3.05, 3.63) is 35.9 Å². The van der Waals surface area contributed by atoms with E-state index in [1.165, 1.54) is 7.11 Å². The molecule has 0 saturated carbocycles. The van der Waals surface area contributed by atoms with Crippen molar-refractivity contribution in [2.24, 2.45) is 0 Å². The fourth-order valence-corrected chi connectivity index (χ4v) is 0.931. The summed E-state index contributed by atoms with van der Waals surface area (Å²) in [5.41, 5.74) is 5.36. The van der Waals surface area contributed by atoms with Crippen LogP contribution in [0.5, 0.6) is 0 Å². The molecule has 1 rings (SSSR count). The molecular formula is C10H12N2O3. The highest BCUT2D eigenvalue weighted by atomic mass is 16.5. The first-order chi connectivity index (χ1) is 7.24. The van der Waals surface area contributed by atoms with Gasteiger partial charge in [0.2, 0.25) is 0 Å². The van der Waals surface area contributed by atoms with E-state index in [9.17, 15) is 9.59 Å². The fraction of sp³-hybridized carbons (Fsp3) is 0.200. The first-order valence-corrected chi connectivity index (χ1v) is 4.39. The number of ether oxygens (including phenoxy) is 1. The van der Waals surface area contributed by atoms with Crippen LogP contribution in [-0.2, 0) is 9.53 Å². The molecule has 80 valence electrons. The third kappa shape index (κ3) is 3.78. The first kappa shape index (κ1) is 11.2. The zero-order valence-corrected chi connectivity index (χ0v) is 8.32. The minimum Gasteiger partial charge on any atom is -0.468 e. The van der Waals surface area contributed by atoms with Gasteiger partial charge in [-0.05, 0) is 12.1 Å². The lowest BCUT2D eigenvalue weighted by Crippen LogP contribution is -2.40. The van der Waals surface area contributed by atoms with Gasteiger partial charge in [0.1, 0.15) is 6.54 Å². The predicted molar refractivity (Wildman–Crippen MR) is 53.9 cm³/mol. The average molecular weight is 208 g/mol. The van der Waals surface area contributed by atoms with Gasteiger partial charge in [-0.2, -0.15) is 0 Å². The third-order valence-electron chi connectivity index (χ3n) is 1.70. The highest BCUT2D eigenvalue weighted by Crippen LogP contribution is 1.96. The van der Waals surface area contributed by atoms with Crippen LogP contribution in [-0.4, -0.2) is 25.5 Å². The summed E-state index contributed by atoms with van der Waals surface area (Å²) in [6, 6.07) is 8.69. The largest absolute Gasteiger partial charge is 0.468 e. The van der Waals surface area contributed by atoms with Crippen molar-refractivity contribution in [2.75, 3.05) is 13.7 Å². The molecule has 0 aliphatic rings. The molecule has 0 bridgehead atoms. The summed E-state index contributed by atoms with van der Waals surface area (Å²) in [6.45, 7) is -0.0604. The summed E-state index contributed by atoms with van der Waals surface area (Å²) in [4.78, 5) is 22.1. The number of hydrazine groups is 1. The Morgan fingerprint density at radius 3 is 2.53 bits per heavy atom. The molecule has 0 aliphatic carbocycles. The van der Waals surface area contributed by atoms with E-state index in [2.05, 4.69) is 15.6 Å². The van der Waals surface area contributed by atoms with Gasteiger partial charge in [0.15, 0.2) is 0 Å². The molecule has 0 saturated heterocycles. The predicted octanol–water partition coefficient (Wildman–Crippen LogP) is 0.0940. The number of rotatable bonds is 4. The Labute approximate surface area is 87.4 Å². The number of esters is 1. The van der Waals surface area contributed by atoms with Gasteiger partial charge in [0, 0.05) is 5.56 Å². The second-order valence-corrected chi connectivity index (χ2v) is 2.75. The number of methoxy groups -OCH3 is 1. The maximum Gasteiger partial charge on any atom is 0.321 e. The van der Waals surface area contributed by atoms with Crippen LogP contribution >= 0.6 is 0 Å². The molecule has 1 aromatic carbocycles. The molecule has 15 heavy (non-hydrogen) atoms. The summed E-state index contributed by atoms with van der Waals surface area (Å²) < 4.78 is 4.38. The van der Waals surface area contributed by atoms with E-state index in [4.69, 9.17) is 0 Å². The average Bonchev–Trinajstić information content (AvgIpc) is 2.29. The topological polar surface area (TPSA) is 67.4 Å². The fourth-order valence-electron chi connectivity index (χ4n) is 0.931. The van der Waals surface area contributed by atoms with Crippen LogP contribution in [0.15, 0.2) is 30.3 Å². The Morgan fingerprint density at radius 1 is 1.27 bits per heavy atom. The van der Waals surface area contributed by atoms with E-state index >= 15 is 0 Å². The number of carbonyl (C=O) groups excluding carboxylic acids is 2. The highest BCUT2D eigenvalue weighted by Gasteiger charge is 2.04. The molecule has 5 nitrogen and oxygen atoms in total. The minimum atomic E-state index is -0.441. The Morgan fingerprint density at radius 2 is 1.93 bits per heavy atom. The molecule has 0 heterocycles. The Kier molecular flexibility index (Phi) is 4.30. The SMILES string of the molecule is COC(=O)CNNC(=O)c1ccccc1. The van der Waals surface area contributed by atoms with E-state index < -0.39 is 5.97 Å². The van der Waals surface area contributed by atoms with Crippen molar-refractivity contribution in [3.8, 4) is 0 Å². The van der Waals surface area contributed by atoms with E-state index in [0.717, 1.165) is 0 Å². The van der Waals surface area contributed by atoms with Crippen molar-refractivity contribution >= 4 is 11.9 Å². The van der Waals surface area contributed by atoms with Gasteiger partial charge in [-0.15, -0.1) is 0 Å². The zero-order valence-electron chi connectivity index (χ0n) is 8.32. The van der Waals surface area contributed by atoms with E-state index in [1.807, 2.05) is 6.07 Å². The van der Waals surface area contributed by atoms with Gasteiger partial charge in [-0.3, -0.25) is 15.0 Å². The highest BCUT2D eigenvalue weighted by molar-refractivity contribution is 5.93. The van der Waals surface area contributed by atoms with Crippen LogP contribution in [0.1, 0.15) is 10.4 Å². The molecule has 0 unspecified atom stereocenters. The molecule has 0 fully saturated rings. The summed E-state index contributed by atoms with van der Waals surface area (Å²) in [7, 11) is 1.28. The first-order valence-electron chi connectivity index (χ1n) is 4.39. The molecular weight excluding hydrogens is 196 g/mol. The Balaban J connectivity index is 2.34. The van der Waals surface area contributed by atoms with Crippen molar-refractivity contribution in [1.82, 2.24) is 10.9 Å². The lowest BCUT2D eigenvalue weighted by atomic mass is 10.2. The summed E-state index contributed by atoms with van der Waals surface area (Å²) in [5, 5.41) is 0. The molecule has 0 aliphatic heterocycles.